The summed E-state index contributed by atoms with van der Waals surface area (Å²) in [4.78, 5) is 21.9. The lowest BCUT2D eigenvalue weighted by atomic mass is 10.1. The Balaban J connectivity index is 3.18. The van der Waals surface area contributed by atoms with Gasteiger partial charge in [-0.3, -0.25) is 4.79 Å². The van der Waals surface area contributed by atoms with Gasteiger partial charge in [0, 0.05) is 7.05 Å². The monoisotopic (exact) mass is 301 g/mol. The molecule has 0 unspecified atom stereocenters. The van der Waals surface area contributed by atoms with Gasteiger partial charge < -0.3 is 9.84 Å². The van der Waals surface area contributed by atoms with Crippen molar-refractivity contribution < 1.29 is 27.9 Å². The highest BCUT2D eigenvalue weighted by Crippen LogP contribution is 2.19. The smallest absolute Gasteiger partial charge is 0.338 e. The summed E-state index contributed by atoms with van der Waals surface area (Å²) >= 11 is 0. The quantitative estimate of drug-likeness (QED) is 0.794. The fourth-order valence-electron chi connectivity index (χ4n) is 1.59. The van der Waals surface area contributed by atoms with E-state index in [0.717, 1.165) is 4.31 Å². The van der Waals surface area contributed by atoms with Crippen LogP contribution in [0.4, 0.5) is 0 Å². The average Bonchev–Trinajstić information content (AvgIpc) is 2.36. The average molecular weight is 301 g/mol. The third-order valence-electron chi connectivity index (χ3n) is 2.67. The molecule has 0 saturated heterocycles. The van der Waals surface area contributed by atoms with Crippen molar-refractivity contribution in [2.75, 3.05) is 20.7 Å². The molecule has 0 aliphatic carbocycles. The predicted octanol–water partition coefficient (Wildman–Crippen LogP) is 0.487. The largest absolute Gasteiger partial charge is 0.480 e. The summed E-state index contributed by atoms with van der Waals surface area (Å²) in [5.41, 5.74) is 0.689. The maximum Gasteiger partial charge on any atom is 0.338 e. The summed E-state index contributed by atoms with van der Waals surface area (Å²) in [6.45, 7) is 0.933. The van der Waals surface area contributed by atoms with Crippen LogP contribution in [-0.4, -0.2) is 50.5 Å². The van der Waals surface area contributed by atoms with Crippen LogP contribution in [0.1, 0.15) is 15.9 Å². The van der Waals surface area contributed by atoms with Crippen LogP contribution in [0.5, 0.6) is 0 Å². The van der Waals surface area contributed by atoms with Gasteiger partial charge in [0.15, 0.2) is 0 Å². The van der Waals surface area contributed by atoms with Crippen LogP contribution in [0, 0.1) is 6.92 Å². The van der Waals surface area contributed by atoms with Gasteiger partial charge in [0.05, 0.1) is 17.6 Å². The molecule has 0 amide bonds. The first-order chi connectivity index (χ1) is 9.20. The van der Waals surface area contributed by atoms with Crippen LogP contribution in [-0.2, 0) is 19.6 Å². The number of hydrogen-bond acceptors (Lipinski definition) is 5. The van der Waals surface area contributed by atoms with Crippen molar-refractivity contribution in [2.45, 2.75) is 11.8 Å². The number of aryl methyl sites for hydroxylation is 1. The van der Waals surface area contributed by atoms with Crippen molar-refractivity contribution in [1.29, 1.82) is 0 Å². The van der Waals surface area contributed by atoms with E-state index >= 15 is 0 Å². The Bertz CT molecular complexity index is 637. The first kappa shape index (κ1) is 16.1. The second-order valence-electron chi connectivity index (χ2n) is 4.12. The molecule has 0 fully saturated rings. The van der Waals surface area contributed by atoms with Crippen molar-refractivity contribution in [2.24, 2.45) is 0 Å². The Morgan fingerprint density at radius 2 is 1.95 bits per heavy atom. The van der Waals surface area contributed by atoms with Gasteiger partial charge in [-0.2, -0.15) is 4.31 Å². The topological polar surface area (TPSA) is 101 Å². The number of hydrogen-bond donors (Lipinski definition) is 1. The first-order valence-corrected chi connectivity index (χ1v) is 7.01. The molecule has 110 valence electrons. The summed E-state index contributed by atoms with van der Waals surface area (Å²) < 4.78 is 29.5. The summed E-state index contributed by atoms with van der Waals surface area (Å²) in [6.07, 6.45) is 0. The maximum absolute atomic E-state index is 12.1. The maximum atomic E-state index is 12.1. The van der Waals surface area contributed by atoms with Crippen molar-refractivity contribution in [1.82, 2.24) is 4.31 Å². The number of carboxylic acid groups (broad SMARTS) is 1. The first-order valence-electron chi connectivity index (χ1n) is 5.57. The molecule has 0 saturated carbocycles. The lowest BCUT2D eigenvalue weighted by Crippen LogP contribution is -2.32. The van der Waals surface area contributed by atoms with E-state index in [-0.39, 0.29) is 10.5 Å². The molecule has 1 rings (SSSR count). The molecule has 20 heavy (non-hydrogen) atoms. The Hall–Kier alpha value is -1.93. The number of nitrogens with zero attached hydrogens (tertiary/aromatic N) is 1. The van der Waals surface area contributed by atoms with Crippen LogP contribution in [0.25, 0.3) is 0 Å². The van der Waals surface area contributed by atoms with Crippen molar-refractivity contribution in [3.8, 4) is 0 Å². The molecular weight excluding hydrogens is 286 g/mol. The Morgan fingerprint density at radius 1 is 1.35 bits per heavy atom. The fourth-order valence-corrected chi connectivity index (χ4v) is 2.80. The Kier molecular flexibility index (Phi) is 4.85. The van der Waals surface area contributed by atoms with Gasteiger partial charge in [0.1, 0.15) is 6.54 Å². The number of carbonyl (C=O) groups is 2. The minimum atomic E-state index is -3.91. The summed E-state index contributed by atoms with van der Waals surface area (Å²) in [6, 6.07) is 3.88. The number of benzene rings is 1. The molecule has 1 aromatic carbocycles. The van der Waals surface area contributed by atoms with Crippen LogP contribution in [0.2, 0.25) is 0 Å². The lowest BCUT2D eigenvalue weighted by Gasteiger charge is -2.15. The van der Waals surface area contributed by atoms with Gasteiger partial charge in [-0.05, 0) is 30.7 Å². The number of aliphatic carboxylic acids is 1. The zero-order valence-electron chi connectivity index (χ0n) is 11.3. The molecule has 0 spiro atoms. The summed E-state index contributed by atoms with van der Waals surface area (Å²) in [7, 11) is -1.50. The van der Waals surface area contributed by atoms with Crippen molar-refractivity contribution in [3.05, 3.63) is 29.3 Å². The highest BCUT2D eigenvalue weighted by Gasteiger charge is 2.24. The molecule has 0 aliphatic rings. The van der Waals surface area contributed by atoms with Crippen LogP contribution >= 0.6 is 0 Å². The van der Waals surface area contributed by atoms with Crippen molar-refractivity contribution in [3.63, 3.8) is 0 Å². The van der Waals surface area contributed by atoms with Crippen LogP contribution < -0.4 is 0 Å². The molecule has 0 bridgehead atoms. The minimum Gasteiger partial charge on any atom is -0.480 e. The third kappa shape index (κ3) is 3.34. The normalized spacial score (nSPS) is 11.4. The van der Waals surface area contributed by atoms with E-state index in [1.165, 1.54) is 32.4 Å². The number of methoxy groups -OCH3 is 1. The van der Waals surface area contributed by atoms with E-state index in [4.69, 9.17) is 5.11 Å². The van der Waals surface area contributed by atoms with Gasteiger partial charge in [-0.25, -0.2) is 13.2 Å². The van der Waals surface area contributed by atoms with Crippen molar-refractivity contribution >= 4 is 22.0 Å². The second-order valence-corrected chi connectivity index (χ2v) is 6.17. The number of ether oxygens (including phenoxy) is 1. The molecule has 1 aromatic rings. The second kappa shape index (κ2) is 6.02. The van der Waals surface area contributed by atoms with E-state index in [2.05, 4.69) is 4.74 Å². The number of sulfonamides is 1. The Morgan fingerprint density at radius 3 is 2.40 bits per heavy atom. The molecule has 8 heteroatoms. The standard InChI is InChI=1S/C12H15NO6S/c1-8-6-9(4-5-10(8)12(16)19-3)20(17,18)13(2)7-11(14)15/h4-6H,7H2,1-3H3,(H,14,15). The van der Waals surface area contributed by atoms with Crippen LogP contribution in [0.15, 0.2) is 23.1 Å². The fraction of sp³-hybridized carbons (Fsp3) is 0.333. The molecular formula is C12H15NO6S. The van der Waals surface area contributed by atoms with Gasteiger partial charge >= 0.3 is 11.9 Å². The molecule has 0 aromatic heterocycles. The molecule has 0 radical (unpaired) electrons. The summed E-state index contributed by atoms with van der Waals surface area (Å²) in [5, 5.41) is 8.63. The number of rotatable bonds is 5. The highest BCUT2D eigenvalue weighted by molar-refractivity contribution is 7.89. The number of carbonyl (C=O) groups excluding carboxylic acids is 1. The van der Waals surface area contributed by atoms with E-state index in [1.54, 1.807) is 6.92 Å². The van der Waals surface area contributed by atoms with E-state index in [9.17, 15) is 18.0 Å². The molecule has 7 nitrogen and oxygen atoms in total. The Labute approximate surface area is 116 Å². The molecule has 1 N–H and O–H groups in total. The minimum absolute atomic E-state index is 0.0774. The molecule has 0 aliphatic heterocycles. The molecule has 0 atom stereocenters. The lowest BCUT2D eigenvalue weighted by molar-refractivity contribution is -0.137. The van der Waals surface area contributed by atoms with Gasteiger partial charge in [-0.15, -0.1) is 0 Å². The molecule has 0 heterocycles. The van der Waals surface area contributed by atoms with E-state index < -0.39 is 28.5 Å². The number of carboxylic acids is 1. The number of esters is 1. The van der Waals surface area contributed by atoms with Crippen LogP contribution in [0.3, 0.4) is 0 Å². The van der Waals surface area contributed by atoms with Gasteiger partial charge in [0.25, 0.3) is 0 Å². The zero-order chi connectivity index (χ0) is 15.5. The van der Waals surface area contributed by atoms with Gasteiger partial charge in [0.2, 0.25) is 10.0 Å². The summed E-state index contributed by atoms with van der Waals surface area (Å²) in [5.74, 6) is -1.82. The third-order valence-corrected chi connectivity index (χ3v) is 4.47. The predicted molar refractivity (Wildman–Crippen MR) is 70.0 cm³/mol. The zero-order valence-corrected chi connectivity index (χ0v) is 12.1. The van der Waals surface area contributed by atoms with E-state index in [0.29, 0.717) is 5.56 Å². The van der Waals surface area contributed by atoms with E-state index in [1.807, 2.05) is 0 Å². The SMILES string of the molecule is COC(=O)c1ccc(S(=O)(=O)N(C)CC(=O)O)cc1C. The highest BCUT2D eigenvalue weighted by atomic mass is 32.2. The van der Waals surface area contributed by atoms with Gasteiger partial charge in [-0.1, -0.05) is 0 Å². The number of likely N-dealkylation sites (N-methyl/N-ethyl adjacent to an activating group) is 1.